The number of nitrogens with two attached hydrogens (primary N) is 1. The van der Waals surface area contributed by atoms with E-state index < -0.39 is 0 Å². The maximum absolute atomic E-state index is 9.49. The lowest BCUT2D eigenvalue weighted by atomic mass is 10.2. The second-order valence-corrected chi connectivity index (χ2v) is 4.55. The average molecular weight is 237 g/mol. The van der Waals surface area contributed by atoms with Crippen molar-refractivity contribution in [2.45, 2.75) is 19.4 Å². The van der Waals surface area contributed by atoms with Gasteiger partial charge >= 0.3 is 0 Å². The largest absolute Gasteiger partial charge is 0.391 e. The molecule has 0 spiro atoms. The Morgan fingerprint density at radius 2 is 2.38 bits per heavy atom. The first-order chi connectivity index (χ1) is 7.56. The van der Waals surface area contributed by atoms with Crippen molar-refractivity contribution < 1.29 is 5.11 Å². The summed E-state index contributed by atoms with van der Waals surface area (Å²) in [7, 11) is 0. The highest BCUT2D eigenvalue weighted by atomic mass is 32.1. The predicted octanol–water partition coefficient (Wildman–Crippen LogP) is 0.595. The van der Waals surface area contributed by atoms with E-state index in [1.165, 1.54) is 0 Å². The van der Waals surface area contributed by atoms with Crippen LogP contribution in [-0.4, -0.2) is 34.3 Å². The number of rotatable bonds is 2. The Hall–Kier alpha value is -1.20. The molecule has 1 aromatic rings. The number of aliphatic hydroxyl groups excluding tert-OH is 1. The van der Waals surface area contributed by atoms with E-state index in [0.717, 1.165) is 30.0 Å². The Morgan fingerprint density at radius 3 is 2.94 bits per heavy atom. The number of anilines is 1. The van der Waals surface area contributed by atoms with Crippen molar-refractivity contribution in [1.29, 1.82) is 0 Å². The van der Waals surface area contributed by atoms with Crippen LogP contribution in [0.2, 0.25) is 0 Å². The molecule has 0 amide bonds. The van der Waals surface area contributed by atoms with E-state index in [4.69, 9.17) is 18.0 Å². The normalized spacial score (nSPS) is 20.1. The van der Waals surface area contributed by atoms with E-state index in [2.05, 4.69) is 9.88 Å². The zero-order chi connectivity index (χ0) is 11.7. The fourth-order valence-electron chi connectivity index (χ4n) is 1.91. The lowest BCUT2D eigenvalue weighted by Crippen LogP contribution is -2.23. The number of pyridine rings is 1. The maximum Gasteiger partial charge on any atom is 0.129 e. The van der Waals surface area contributed by atoms with Crippen LogP contribution < -0.4 is 10.6 Å². The van der Waals surface area contributed by atoms with Crippen LogP contribution in [0.4, 0.5) is 5.82 Å². The van der Waals surface area contributed by atoms with Gasteiger partial charge in [-0.15, -0.1) is 0 Å². The molecular formula is C11H15N3OS. The van der Waals surface area contributed by atoms with Gasteiger partial charge in [0.15, 0.2) is 0 Å². The smallest absolute Gasteiger partial charge is 0.129 e. The molecule has 0 aromatic carbocycles. The lowest BCUT2D eigenvalue weighted by Gasteiger charge is -2.17. The summed E-state index contributed by atoms with van der Waals surface area (Å²) < 4.78 is 0. The van der Waals surface area contributed by atoms with Gasteiger partial charge in [0.05, 0.1) is 6.10 Å². The van der Waals surface area contributed by atoms with Crippen molar-refractivity contribution in [2.24, 2.45) is 5.73 Å². The minimum absolute atomic E-state index is 0.254. The molecule has 0 bridgehead atoms. The van der Waals surface area contributed by atoms with Gasteiger partial charge in [-0.05, 0) is 25.5 Å². The molecule has 4 nitrogen and oxygen atoms in total. The van der Waals surface area contributed by atoms with Crippen LogP contribution >= 0.6 is 12.2 Å². The highest BCUT2D eigenvalue weighted by molar-refractivity contribution is 7.80. The molecule has 5 heteroatoms. The Kier molecular flexibility index (Phi) is 3.07. The standard InChI is InChI=1S/C11H15N3OS/c1-7-4-8(11(12)16)5-10(13-7)14-3-2-9(15)6-14/h4-5,9,15H,2-3,6H2,1H3,(H2,12,16). The van der Waals surface area contributed by atoms with Crippen LogP contribution in [-0.2, 0) is 0 Å². The van der Waals surface area contributed by atoms with Crippen molar-refractivity contribution in [2.75, 3.05) is 18.0 Å². The van der Waals surface area contributed by atoms with Gasteiger partial charge in [0, 0.05) is 24.3 Å². The van der Waals surface area contributed by atoms with Crippen molar-refractivity contribution in [3.8, 4) is 0 Å². The average Bonchev–Trinajstić information content (AvgIpc) is 2.64. The summed E-state index contributed by atoms with van der Waals surface area (Å²) in [4.78, 5) is 6.87. The van der Waals surface area contributed by atoms with Crippen LogP contribution in [0.25, 0.3) is 0 Å². The van der Waals surface area contributed by atoms with Crippen LogP contribution in [0.5, 0.6) is 0 Å². The van der Waals surface area contributed by atoms with Gasteiger partial charge < -0.3 is 15.7 Å². The van der Waals surface area contributed by atoms with Gasteiger partial charge in [-0.2, -0.15) is 0 Å². The van der Waals surface area contributed by atoms with Crippen molar-refractivity contribution in [1.82, 2.24) is 4.98 Å². The summed E-state index contributed by atoms with van der Waals surface area (Å²) in [5.74, 6) is 0.847. The van der Waals surface area contributed by atoms with E-state index in [1.54, 1.807) is 0 Å². The van der Waals surface area contributed by atoms with E-state index in [-0.39, 0.29) is 6.10 Å². The summed E-state index contributed by atoms with van der Waals surface area (Å²) in [6, 6.07) is 3.76. The van der Waals surface area contributed by atoms with Crippen molar-refractivity contribution in [3.63, 3.8) is 0 Å². The van der Waals surface area contributed by atoms with E-state index in [0.29, 0.717) is 11.5 Å². The third-order valence-corrected chi connectivity index (χ3v) is 2.95. The van der Waals surface area contributed by atoms with Gasteiger partial charge in [0.2, 0.25) is 0 Å². The second-order valence-electron chi connectivity index (χ2n) is 4.11. The number of aliphatic hydroxyl groups is 1. The van der Waals surface area contributed by atoms with Crippen LogP contribution in [0, 0.1) is 6.92 Å². The molecular weight excluding hydrogens is 222 g/mol. The van der Waals surface area contributed by atoms with Gasteiger partial charge in [0.25, 0.3) is 0 Å². The number of thiocarbonyl (C=S) groups is 1. The third kappa shape index (κ3) is 2.31. The molecule has 2 heterocycles. The van der Waals surface area contributed by atoms with Crippen LogP contribution in [0.3, 0.4) is 0 Å². The fraction of sp³-hybridized carbons (Fsp3) is 0.455. The molecule has 86 valence electrons. The molecule has 1 unspecified atom stereocenters. The molecule has 0 aliphatic carbocycles. The number of hydrogen-bond donors (Lipinski definition) is 2. The van der Waals surface area contributed by atoms with Crippen molar-refractivity contribution in [3.05, 3.63) is 23.4 Å². The molecule has 0 saturated carbocycles. The van der Waals surface area contributed by atoms with Crippen LogP contribution in [0.15, 0.2) is 12.1 Å². The number of aryl methyl sites for hydroxylation is 1. The maximum atomic E-state index is 9.49. The molecule has 1 fully saturated rings. The summed E-state index contributed by atoms with van der Waals surface area (Å²) in [6.07, 6.45) is 0.536. The van der Waals surface area contributed by atoms with Crippen LogP contribution in [0.1, 0.15) is 17.7 Å². The number of aromatic nitrogens is 1. The van der Waals surface area contributed by atoms with Crippen molar-refractivity contribution >= 4 is 23.0 Å². The second kappa shape index (κ2) is 4.35. The lowest BCUT2D eigenvalue weighted by molar-refractivity contribution is 0.198. The summed E-state index contributed by atoms with van der Waals surface area (Å²) >= 11 is 4.96. The highest BCUT2D eigenvalue weighted by Gasteiger charge is 2.21. The highest BCUT2D eigenvalue weighted by Crippen LogP contribution is 2.20. The number of β-amino-alcohol motifs (C(OH)–C–C–N with tert-alkyl or cyclic N) is 1. The summed E-state index contributed by atoms with van der Waals surface area (Å²) in [5.41, 5.74) is 7.34. The fourth-order valence-corrected chi connectivity index (χ4v) is 2.02. The first kappa shape index (κ1) is 11.3. The van der Waals surface area contributed by atoms with Gasteiger partial charge in [-0.1, -0.05) is 12.2 Å². The van der Waals surface area contributed by atoms with E-state index >= 15 is 0 Å². The van der Waals surface area contributed by atoms with Gasteiger partial charge in [0.1, 0.15) is 10.8 Å². The third-order valence-electron chi connectivity index (χ3n) is 2.71. The molecule has 2 rings (SSSR count). The Morgan fingerprint density at radius 1 is 1.62 bits per heavy atom. The Bertz CT molecular complexity index is 422. The number of nitrogens with zero attached hydrogens (tertiary/aromatic N) is 2. The monoisotopic (exact) mass is 237 g/mol. The molecule has 1 atom stereocenters. The molecule has 3 N–H and O–H groups in total. The molecule has 0 radical (unpaired) electrons. The predicted molar refractivity (Wildman–Crippen MR) is 67.7 cm³/mol. The zero-order valence-corrected chi connectivity index (χ0v) is 10.00. The molecule has 1 aromatic heterocycles. The molecule has 1 aliphatic rings. The first-order valence-corrected chi connectivity index (χ1v) is 5.68. The first-order valence-electron chi connectivity index (χ1n) is 5.28. The molecule has 16 heavy (non-hydrogen) atoms. The zero-order valence-electron chi connectivity index (χ0n) is 9.18. The minimum Gasteiger partial charge on any atom is -0.391 e. The number of hydrogen-bond acceptors (Lipinski definition) is 4. The molecule has 1 saturated heterocycles. The van der Waals surface area contributed by atoms with E-state index in [1.807, 2.05) is 19.1 Å². The Balaban J connectivity index is 2.30. The summed E-state index contributed by atoms with van der Waals surface area (Å²) in [5, 5.41) is 9.49. The summed E-state index contributed by atoms with van der Waals surface area (Å²) in [6.45, 7) is 3.37. The van der Waals surface area contributed by atoms with Gasteiger partial charge in [-0.3, -0.25) is 0 Å². The topological polar surface area (TPSA) is 62.4 Å². The van der Waals surface area contributed by atoms with Gasteiger partial charge in [-0.25, -0.2) is 4.98 Å². The Labute approximate surface area is 100 Å². The minimum atomic E-state index is -0.254. The SMILES string of the molecule is Cc1cc(C(N)=S)cc(N2CCC(O)C2)n1. The quantitative estimate of drug-likeness (QED) is 0.737. The van der Waals surface area contributed by atoms with E-state index in [9.17, 15) is 5.11 Å². The molecule has 1 aliphatic heterocycles.